The van der Waals surface area contributed by atoms with E-state index >= 15 is 0 Å². The maximum Gasteiger partial charge on any atom is 0.229 e. The smallest absolute Gasteiger partial charge is 0.229 e. The second-order valence-electron chi connectivity index (χ2n) is 7.30. The first-order valence-electron chi connectivity index (χ1n) is 9.47. The summed E-state index contributed by atoms with van der Waals surface area (Å²) >= 11 is 0. The van der Waals surface area contributed by atoms with Crippen LogP contribution in [0.4, 0.5) is 0 Å². The molecule has 2 aliphatic heterocycles. The summed E-state index contributed by atoms with van der Waals surface area (Å²) in [5, 5.41) is 48.6. The summed E-state index contributed by atoms with van der Waals surface area (Å²) in [5.74, 6) is 0.480. The molecule has 0 saturated carbocycles. The molecule has 6 atom stereocenters. The lowest BCUT2D eigenvalue weighted by Gasteiger charge is -2.39. The highest BCUT2D eigenvalue weighted by atomic mass is 16.7. The van der Waals surface area contributed by atoms with Crippen molar-refractivity contribution in [1.29, 1.82) is 0 Å². The molecule has 160 valence electrons. The molecule has 1 saturated heterocycles. The third-order valence-electron chi connectivity index (χ3n) is 5.26. The van der Waals surface area contributed by atoms with Crippen LogP contribution in [-0.4, -0.2) is 68.6 Å². The van der Waals surface area contributed by atoms with E-state index in [-0.39, 0.29) is 29.5 Å². The minimum atomic E-state index is -1.56. The summed E-state index contributed by atoms with van der Waals surface area (Å²) in [4.78, 5) is 12.5. The van der Waals surface area contributed by atoms with Gasteiger partial charge in [0.2, 0.25) is 6.29 Å². The SMILES string of the molecule is O=C1C[C@@H](c2ccc(O)cc2)Oc2cc(OC3O[C@H](CO)[C@@H](O)[C@H](O)[C@H]3O)ccc21. The molecule has 2 aromatic carbocycles. The molecular formula is C21H22O9. The number of phenolic OH excluding ortho intramolecular Hbond substituents is 1. The lowest BCUT2D eigenvalue weighted by atomic mass is 9.96. The standard InChI is InChI=1S/C21H22O9/c22-9-17-18(25)19(26)20(27)21(30-17)28-12-5-6-13-14(24)8-15(29-16(13)7-12)10-1-3-11(23)4-2-10/h1-7,15,17-23,25-27H,8-9H2/t15-,17+,18+,19-,20+,21?/m0/s1. The molecule has 9 heteroatoms. The molecule has 4 rings (SSSR count). The first-order chi connectivity index (χ1) is 14.4. The zero-order valence-electron chi connectivity index (χ0n) is 15.8. The van der Waals surface area contributed by atoms with Crippen LogP contribution in [0.1, 0.15) is 28.4 Å². The van der Waals surface area contributed by atoms with Crippen LogP contribution in [0.15, 0.2) is 42.5 Å². The number of Topliss-reactive ketones (excluding diaryl/α,β-unsaturated/α-hetero) is 1. The number of carbonyl (C=O) groups excluding carboxylic acids is 1. The maximum absolute atomic E-state index is 12.5. The fraction of sp³-hybridized carbons (Fsp3) is 0.381. The van der Waals surface area contributed by atoms with Gasteiger partial charge in [0.25, 0.3) is 0 Å². The van der Waals surface area contributed by atoms with Crippen molar-refractivity contribution in [3.05, 3.63) is 53.6 Å². The number of fused-ring (bicyclic) bond motifs is 1. The third kappa shape index (κ3) is 3.85. The Balaban J connectivity index is 1.54. The summed E-state index contributed by atoms with van der Waals surface area (Å²) < 4.78 is 16.9. The molecule has 1 fully saturated rings. The Bertz CT molecular complexity index is 911. The summed E-state index contributed by atoms with van der Waals surface area (Å²) in [6.07, 6.45) is -7.42. The van der Waals surface area contributed by atoms with Gasteiger partial charge in [-0.25, -0.2) is 0 Å². The monoisotopic (exact) mass is 418 g/mol. The number of hydrogen-bond acceptors (Lipinski definition) is 9. The molecule has 0 aliphatic carbocycles. The van der Waals surface area contributed by atoms with Gasteiger partial charge in [0.1, 0.15) is 47.8 Å². The van der Waals surface area contributed by atoms with Crippen LogP contribution in [0.25, 0.3) is 0 Å². The highest BCUT2D eigenvalue weighted by Gasteiger charge is 2.44. The predicted molar refractivity (Wildman–Crippen MR) is 101 cm³/mol. The van der Waals surface area contributed by atoms with Crippen LogP contribution in [0.3, 0.4) is 0 Å². The van der Waals surface area contributed by atoms with Gasteiger partial charge < -0.3 is 39.7 Å². The first-order valence-corrected chi connectivity index (χ1v) is 9.47. The Morgan fingerprint density at radius 3 is 2.43 bits per heavy atom. The maximum atomic E-state index is 12.5. The number of aliphatic hydroxyl groups excluding tert-OH is 4. The molecule has 0 amide bonds. The molecule has 0 bridgehead atoms. The molecule has 30 heavy (non-hydrogen) atoms. The minimum absolute atomic E-state index is 0.108. The molecule has 0 aromatic heterocycles. The second kappa shape index (κ2) is 8.21. The van der Waals surface area contributed by atoms with Crippen molar-refractivity contribution in [3.63, 3.8) is 0 Å². The van der Waals surface area contributed by atoms with E-state index in [1.54, 1.807) is 12.1 Å². The van der Waals surface area contributed by atoms with Crippen molar-refractivity contribution in [2.24, 2.45) is 0 Å². The van der Waals surface area contributed by atoms with Gasteiger partial charge in [-0.1, -0.05) is 12.1 Å². The van der Waals surface area contributed by atoms with Crippen LogP contribution in [0.2, 0.25) is 0 Å². The van der Waals surface area contributed by atoms with Crippen molar-refractivity contribution in [2.75, 3.05) is 6.61 Å². The Morgan fingerprint density at radius 2 is 1.73 bits per heavy atom. The van der Waals surface area contributed by atoms with Crippen LogP contribution in [0.5, 0.6) is 17.2 Å². The number of rotatable bonds is 4. The van der Waals surface area contributed by atoms with Gasteiger partial charge in [-0.05, 0) is 29.8 Å². The van der Waals surface area contributed by atoms with Gasteiger partial charge in [-0.15, -0.1) is 0 Å². The van der Waals surface area contributed by atoms with E-state index in [2.05, 4.69) is 0 Å². The van der Waals surface area contributed by atoms with E-state index in [1.165, 1.54) is 30.3 Å². The van der Waals surface area contributed by atoms with Gasteiger partial charge in [-0.2, -0.15) is 0 Å². The van der Waals surface area contributed by atoms with E-state index in [0.717, 1.165) is 5.56 Å². The average molecular weight is 418 g/mol. The molecule has 2 heterocycles. The third-order valence-corrected chi connectivity index (χ3v) is 5.26. The molecule has 0 spiro atoms. The van der Waals surface area contributed by atoms with Gasteiger partial charge in [0, 0.05) is 6.07 Å². The van der Waals surface area contributed by atoms with E-state index in [0.29, 0.717) is 5.56 Å². The highest BCUT2D eigenvalue weighted by molar-refractivity contribution is 6.00. The van der Waals surface area contributed by atoms with Crippen molar-refractivity contribution >= 4 is 5.78 Å². The van der Waals surface area contributed by atoms with Crippen molar-refractivity contribution in [1.82, 2.24) is 0 Å². The summed E-state index contributed by atoms with van der Waals surface area (Å²) in [5.41, 5.74) is 1.11. The molecule has 2 aromatic rings. The predicted octanol–water partition coefficient (Wildman–Crippen LogP) is 0.277. The Labute approximate surface area is 171 Å². The zero-order chi connectivity index (χ0) is 21.4. The molecule has 2 aliphatic rings. The molecule has 9 nitrogen and oxygen atoms in total. The lowest BCUT2D eigenvalue weighted by Crippen LogP contribution is -2.60. The van der Waals surface area contributed by atoms with Crippen molar-refractivity contribution in [2.45, 2.75) is 43.2 Å². The number of ether oxygens (including phenoxy) is 3. The number of carbonyl (C=O) groups is 1. The highest BCUT2D eigenvalue weighted by Crippen LogP contribution is 2.38. The number of benzene rings is 2. The van der Waals surface area contributed by atoms with Gasteiger partial charge >= 0.3 is 0 Å². The Morgan fingerprint density at radius 1 is 1.00 bits per heavy atom. The summed E-state index contributed by atoms with van der Waals surface area (Å²) in [6.45, 7) is -0.569. The second-order valence-corrected chi connectivity index (χ2v) is 7.30. The topological polar surface area (TPSA) is 146 Å². The van der Waals surface area contributed by atoms with E-state index in [9.17, 15) is 30.3 Å². The minimum Gasteiger partial charge on any atom is -0.508 e. The fourth-order valence-corrected chi connectivity index (χ4v) is 3.55. The van der Waals surface area contributed by atoms with E-state index < -0.39 is 43.4 Å². The van der Waals surface area contributed by atoms with E-state index in [1.807, 2.05) is 0 Å². The zero-order valence-corrected chi connectivity index (χ0v) is 15.8. The fourth-order valence-electron chi connectivity index (χ4n) is 3.55. The number of phenols is 1. The van der Waals surface area contributed by atoms with Crippen molar-refractivity contribution < 1.29 is 44.5 Å². The molecular weight excluding hydrogens is 396 g/mol. The number of hydrogen-bond donors (Lipinski definition) is 5. The van der Waals surface area contributed by atoms with Crippen LogP contribution in [0, 0.1) is 0 Å². The number of ketones is 1. The van der Waals surface area contributed by atoms with Crippen LogP contribution >= 0.6 is 0 Å². The van der Waals surface area contributed by atoms with Crippen LogP contribution in [-0.2, 0) is 4.74 Å². The number of aromatic hydroxyl groups is 1. The van der Waals surface area contributed by atoms with E-state index in [4.69, 9.17) is 14.2 Å². The molecule has 0 radical (unpaired) electrons. The van der Waals surface area contributed by atoms with Crippen LogP contribution < -0.4 is 9.47 Å². The van der Waals surface area contributed by atoms with Gasteiger partial charge in [0.05, 0.1) is 18.6 Å². The average Bonchev–Trinajstić information content (AvgIpc) is 2.74. The normalized spacial score (nSPS) is 31.0. The lowest BCUT2D eigenvalue weighted by molar-refractivity contribution is -0.277. The van der Waals surface area contributed by atoms with Crippen molar-refractivity contribution in [3.8, 4) is 17.2 Å². The van der Waals surface area contributed by atoms with Gasteiger partial charge in [-0.3, -0.25) is 4.79 Å². The molecule has 1 unspecified atom stereocenters. The summed E-state index contributed by atoms with van der Waals surface area (Å²) in [7, 11) is 0. The quantitative estimate of drug-likeness (QED) is 0.472. The van der Waals surface area contributed by atoms with Gasteiger partial charge in [0.15, 0.2) is 5.78 Å². The first kappa shape index (κ1) is 20.6. The number of aliphatic hydroxyl groups is 4. The molecule has 5 N–H and O–H groups in total. The largest absolute Gasteiger partial charge is 0.508 e. The Kier molecular flexibility index (Phi) is 5.63. The Hall–Kier alpha value is -2.69. The summed E-state index contributed by atoms with van der Waals surface area (Å²) in [6, 6.07) is 10.9.